The molecule has 0 saturated carbocycles. The average molecular weight is 364 g/mol. The summed E-state index contributed by atoms with van der Waals surface area (Å²) in [5, 5.41) is 5.68. The number of carbonyl (C=O) groups is 2. The first-order valence-electron chi connectivity index (χ1n) is 8.89. The molecule has 2 rings (SSSR count). The summed E-state index contributed by atoms with van der Waals surface area (Å²) in [6, 6.07) is 2.78. The van der Waals surface area contributed by atoms with Crippen LogP contribution in [0.2, 0.25) is 0 Å². The quantitative estimate of drug-likeness (QED) is 0.672. The minimum atomic E-state index is -0.569. The number of amides is 3. The number of pyridine rings is 1. The lowest BCUT2D eigenvalue weighted by atomic mass is 10.2. The van der Waals surface area contributed by atoms with Gasteiger partial charge in [-0.3, -0.25) is 9.78 Å². The van der Waals surface area contributed by atoms with E-state index in [1.54, 1.807) is 30.5 Å². The highest BCUT2D eigenvalue weighted by Gasteiger charge is 2.40. The van der Waals surface area contributed by atoms with Gasteiger partial charge in [-0.05, 0) is 18.1 Å². The molecule has 1 aromatic rings. The van der Waals surface area contributed by atoms with Gasteiger partial charge in [0.1, 0.15) is 17.9 Å². The van der Waals surface area contributed by atoms with E-state index in [0.29, 0.717) is 44.3 Å². The van der Waals surface area contributed by atoms with Crippen molar-refractivity contribution in [1.82, 2.24) is 20.5 Å². The number of aromatic nitrogens is 1. The fraction of sp³-hybridized carbons (Fsp3) is 0.611. The maximum atomic E-state index is 12.5. The van der Waals surface area contributed by atoms with Crippen LogP contribution in [0.15, 0.2) is 24.5 Å². The first kappa shape index (κ1) is 20.0. The van der Waals surface area contributed by atoms with E-state index in [4.69, 9.17) is 9.47 Å². The van der Waals surface area contributed by atoms with Crippen LogP contribution in [0.3, 0.4) is 0 Å². The molecule has 1 aliphatic heterocycles. The molecule has 8 nitrogen and oxygen atoms in total. The zero-order valence-electron chi connectivity index (χ0n) is 15.6. The lowest BCUT2D eigenvalue weighted by molar-refractivity contribution is -0.124. The van der Waals surface area contributed by atoms with Crippen LogP contribution >= 0.6 is 0 Å². The first-order valence-corrected chi connectivity index (χ1v) is 8.89. The van der Waals surface area contributed by atoms with Crippen molar-refractivity contribution in [1.29, 1.82) is 0 Å². The number of methoxy groups -OCH3 is 1. The zero-order valence-corrected chi connectivity index (χ0v) is 15.6. The molecule has 2 atom stereocenters. The molecule has 8 heteroatoms. The molecular weight excluding hydrogens is 336 g/mol. The van der Waals surface area contributed by atoms with Crippen LogP contribution in [0.4, 0.5) is 4.79 Å². The van der Waals surface area contributed by atoms with Crippen LogP contribution in [0.1, 0.15) is 20.3 Å². The number of likely N-dealkylation sites (tertiary alicyclic amines) is 1. The Labute approximate surface area is 154 Å². The summed E-state index contributed by atoms with van der Waals surface area (Å²) in [6.45, 7) is 5.78. The summed E-state index contributed by atoms with van der Waals surface area (Å²) in [7, 11) is 1.57. The van der Waals surface area contributed by atoms with Crippen molar-refractivity contribution >= 4 is 11.9 Å². The number of hydrogen-bond donors (Lipinski definition) is 2. The molecule has 1 aliphatic rings. The molecular formula is C18H28N4O4. The van der Waals surface area contributed by atoms with Crippen molar-refractivity contribution in [2.45, 2.75) is 32.4 Å². The Hall–Kier alpha value is -2.35. The van der Waals surface area contributed by atoms with Gasteiger partial charge < -0.3 is 25.0 Å². The monoisotopic (exact) mass is 364 g/mol. The molecule has 0 radical (unpaired) electrons. The van der Waals surface area contributed by atoms with Gasteiger partial charge in [0.25, 0.3) is 0 Å². The molecule has 0 aromatic carbocycles. The molecule has 144 valence electrons. The van der Waals surface area contributed by atoms with E-state index in [9.17, 15) is 9.59 Å². The Morgan fingerprint density at radius 1 is 1.38 bits per heavy atom. The number of nitrogens with one attached hydrogen (secondary N) is 2. The molecule has 0 bridgehead atoms. The largest absolute Gasteiger partial charge is 0.487 e. The second kappa shape index (κ2) is 9.96. The van der Waals surface area contributed by atoms with Crippen molar-refractivity contribution in [2.75, 3.05) is 33.4 Å². The van der Waals surface area contributed by atoms with E-state index in [1.807, 2.05) is 19.9 Å². The minimum absolute atomic E-state index is 0.195. The Bertz CT molecular complexity index is 582. The van der Waals surface area contributed by atoms with Gasteiger partial charge in [0, 0.05) is 32.8 Å². The van der Waals surface area contributed by atoms with Gasteiger partial charge >= 0.3 is 6.03 Å². The van der Waals surface area contributed by atoms with Gasteiger partial charge in [-0.15, -0.1) is 0 Å². The second-order valence-electron chi connectivity index (χ2n) is 6.70. The number of urea groups is 1. The number of carbonyl (C=O) groups excluding carboxylic acids is 2. The van der Waals surface area contributed by atoms with Gasteiger partial charge in [0.05, 0.1) is 19.3 Å². The van der Waals surface area contributed by atoms with Crippen molar-refractivity contribution < 1.29 is 19.1 Å². The first-order chi connectivity index (χ1) is 12.5. The molecule has 0 unspecified atom stereocenters. The molecule has 1 fully saturated rings. The van der Waals surface area contributed by atoms with E-state index in [0.717, 1.165) is 0 Å². The van der Waals surface area contributed by atoms with Crippen molar-refractivity contribution in [2.24, 2.45) is 5.92 Å². The SMILES string of the molecule is COCCNC(=O)[C@H]1C[C@H](Oc2cccnc2)CN1C(=O)NCC(C)C. The standard InChI is InChI=1S/C18H28N4O4/c1-13(2)10-21-18(24)22-12-15(26-14-5-4-6-19-11-14)9-16(22)17(23)20-7-8-25-3/h4-6,11,13,15-16H,7-10,12H2,1-3H3,(H,20,23)(H,21,24)/t15-,16+/m0/s1. The van der Waals surface area contributed by atoms with Crippen LogP contribution in [0.25, 0.3) is 0 Å². The van der Waals surface area contributed by atoms with E-state index >= 15 is 0 Å². The molecule has 2 heterocycles. The summed E-state index contributed by atoms with van der Waals surface area (Å²) in [5.74, 6) is 0.762. The average Bonchev–Trinajstić information content (AvgIpc) is 3.04. The van der Waals surface area contributed by atoms with Crippen molar-refractivity contribution in [3.8, 4) is 5.75 Å². The summed E-state index contributed by atoms with van der Waals surface area (Å²) in [4.78, 5) is 30.6. The van der Waals surface area contributed by atoms with Gasteiger partial charge in [-0.1, -0.05) is 13.8 Å². The van der Waals surface area contributed by atoms with Gasteiger partial charge in [-0.2, -0.15) is 0 Å². The smallest absolute Gasteiger partial charge is 0.318 e. The number of nitrogens with zero attached hydrogens (tertiary/aromatic N) is 2. The van der Waals surface area contributed by atoms with Crippen molar-refractivity contribution in [3.63, 3.8) is 0 Å². The molecule has 0 spiro atoms. The van der Waals surface area contributed by atoms with Crippen LogP contribution in [-0.4, -0.2) is 67.3 Å². The van der Waals surface area contributed by atoms with Gasteiger partial charge in [0.15, 0.2) is 0 Å². The third-order valence-corrected chi connectivity index (χ3v) is 4.03. The summed E-state index contributed by atoms with van der Waals surface area (Å²) in [5.41, 5.74) is 0. The molecule has 3 amide bonds. The molecule has 1 aromatic heterocycles. The Morgan fingerprint density at radius 3 is 2.85 bits per heavy atom. The lowest BCUT2D eigenvalue weighted by Gasteiger charge is -2.24. The van der Waals surface area contributed by atoms with Crippen LogP contribution in [0.5, 0.6) is 5.75 Å². The third kappa shape index (κ3) is 5.87. The lowest BCUT2D eigenvalue weighted by Crippen LogP contribution is -2.50. The van der Waals surface area contributed by atoms with Crippen LogP contribution in [0, 0.1) is 5.92 Å². The number of rotatable bonds is 8. The van der Waals surface area contributed by atoms with E-state index < -0.39 is 6.04 Å². The van der Waals surface area contributed by atoms with Gasteiger partial charge in [0.2, 0.25) is 5.91 Å². The predicted octanol–water partition coefficient (Wildman–Crippen LogP) is 1.03. The van der Waals surface area contributed by atoms with Crippen LogP contribution < -0.4 is 15.4 Å². The van der Waals surface area contributed by atoms with Crippen molar-refractivity contribution in [3.05, 3.63) is 24.5 Å². The predicted molar refractivity (Wildman–Crippen MR) is 96.9 cm³/mol. The molecule has 1 saturated heterocycles. The normalized spacial score (nSPS) is 19.5. The second-order valence-corrected chi connectivity index (χ2v) is 6.70. The van der Waals surface area contributed by atoms with Gasteiger partial charge in [-0.25, -0.2) is 4.79 Å². The fourth-order valence-corrected chi connectivity index (χ4v) is 2.75. The summed E-state index contributed by atoms with van der Waals surface area (Å²) >= 11 is 0. The summed E-state index contributed by atoms with van der Waals surface area (Å²) in [6.07, 6.45) is 3.46. The molecule has 2 N–H and O–H groups in total. The minimum Gasteiger partial charge on any atom is -0.487 e. The summed E-state index contributed by atoms with van der Waals surface area (Å²) < 4.78 is 10.9. The number of ether oxygens (including phenoxy) is 2. The Kier molecular flexibility index (Phi) is 7.65. The zero-order chi connectivity index (χ0) is 18.9. The molecule has 0 aliphatic carbocycles. The van der Waals surface area contributed by atoms with Crippen LogP contribution in [-0.2, 0) is 9.53 Å². The number of hydrogen-bond acceptors (Lipinski definition) is 5. The highest BCUT2D eigenvalue weighted by molar-refractivity contribution is 5.87. The highest BCUT2D eigenvalue weighted by Crippen LogP contribution is 2.23. The maximum Gasteiger partial charge on any atom is 0.318 e. The van der Waals surface area contributed by atoms with E-state index in [-0.39, 0.29) is 18.0 Å². The maximum absolute atomic E-state index is 12.5. The Morgan fingerprint density at radius 2 is 2.19 bits per heavy atom. The topological polar surface area (TPSA) is 92.8 Å². The fourth-order valence-electron chi connectivity index (χ4n) is 2.75. The van der Waals surface area contributed by atoms with E-state index in [1.165, 1.54) is 0 Å². The Balaban J connectivity index is 2.02. The molecule has 26 heavy (non-hydrogen) atoms. The highest BCUT2D eigenvalue weighted by atomic mass is 16.5. The van der Waals surface area contributed by atoms with E-state index in [2.05, 4.69) is 15.6 Å². The third-order valence-electron chi connectivity index (χ3n) is 4.03.